The molecule has 1 N–H and O–H groups in total. The molecule has 0 bridgehead atoms. The van der Waals surface area contributed by atoms with E-state index in [1.807, 2.05) is 38.1 Å². The van der Waals surface area contributed by atoms with Crippen molar-refractivity contribution >= 4 is 0 Å². The van der Waals surface area contributed by atoms with Crippen molar-refractivity contribution in [3.8, 4) is 5.75 Å². The Morgan fingerprint density at radius 3 is 2.67 bits per heavy atom. The minimum absolute atomic E-state index is 0.468. The normalized spacial score (nSPS) is 11.1. The molecule has 0 amide bonds. The summed E-state index contributed by atoms with van der Waals surface area (Å²) < 4.78 is 11.6. The fraction of sp³-hybridized carbons (Fsp3) is 0.444. The van der Waals surface area contributed by atoms with Crippen molar-refractivity contribution in [1.29, 1.82) is 0 Å². The van der Waals surface area contributed by atoms with E-state index in [-0.39, 0.29) is 0 Å². The average molecular weight is 287 g/mol. The van der Waals surface area contributed by atoms with Gasteiger partial charge < -0.3 is 14.5 Å². The molecule has 0 spiro atoms. The van der Waals surface area contributed by atoms with Gasteiger partial charge in [-0.1, -0.05) is 32.0 Å². The van der Waals surface area contributed by atoms with Crippen molar-refractivity contribution in [2.24, 2.45) is 5.92 Å². The lowest BCUT2D eigenvalue weighted by molar-refractivity contribution is 0.266. The molecule has 0 radical (unpaired) electrons. The van der Waals surface area contributed by atoms with E-state index in [4.69, 9.17) is 9.15 Å². The Kier molecular flexibility index (Phi) is 5.45. The molecule has 21 heavy (non-hydrogen) atoms. The van der Waals surface area contributed by atoms with Crippen molar-refractivity contribution < 1.29 is 9.15 Å². The predicted molar refractivity (Wildman–Crippen MR) is 85.5 cm³/mol. The second kappa shape index (κ2) is 7.32. The van der Waals surface area contributed by atoms with E-state index < -0.39 is 0 Å². The van der Waals surface area contributed by atoms with E-state index in [1.165, 1.54) is 5.56 Å². The second-order valence-electron chi connectivity index (χ2n) is 5.87. The Labute approximate surface area is 127 Å². The third kappa shape index (κ3) is 4.64. The van der Waals surface area contributed by atoms with E-state index in [2.05, 4.69) is 25.2 Å². The third-order valence-corrected chi connectivity index (χ3v) is 3.40. The Morgan fingerprint density at radius 1 is 1.19 bits per heavy atom. The highest BCUT2D eigenvalue weighted by atomic mass is 16.5. The summed E-state index contributed by atoms with van der Waals surface area (Å²) in [6, 6.07) is 10.1. The number of para-hydroxylation sites is 1. The molecule has 0 saturated heterocycles. The lowest BCUT2D eigenvalue weighted by atomic mass is 10.2. The maximum Gasteiger partial charge on any atom is 0.146 e. The SMILES string of the molecule is Cc1ccccc1OCc1cc(CNCC(C)C)c(C)o1. The molecule has 0 aliphatic heterocycles. The lowest BCUT2D eigenvalue weighted by Gasteiger charge is -2.06. The molecule has 0 fully saturated rings. The zero-order valence-electron chi connectivity index (χ0n) is 13.4. The van der Waals surface area contributed by atoms with Crippen molar-refractivity contribution in [3.05, 3.63) is 53.0 Å². The number of rotatable bonds is 7. The monoisotopic (exact) mass is 287 g/mol. The summed E-state index contributed by atoms with van der Waals surface area (Å²) in [6.07, 6.45) is 0. The zero-order chi connectivity index (χ0) is 15.2. The Morgan fingerprint density at radius 2 is 1.95 bits per heavy atom. The molecule has 2 aromatic rings. The van der Waals surface area contributed by atoms with Crippen molar-refractivity contribution in [2.75, 3.05) is 6.54 Å². The number of hydrogen-bond acceptors (Lipinski definition) is 3. The van der Waals surface area contributed by atoms with E-state index >= 15 is 0 Å². The van der Waals surface area contributed by atoms with E-state index in [0.29, 0.717) is 12.5 Å². The van der Waals surface area contributed by atoms with Crippen LogP contribution in [0.4, 0.5) is 0 Å². The third-order valence-electron chi connectivity index (χ3n) is 3.40. The average Bonchev–Trinajstić information content (AvgIpc) is 2.78. The van der Waals surface area contributed by atoms with Gasteiger partial charge in [0.05, 0.1) is 0 Å². The second-order valence-corrected chi connectivity index (χ2v) is 5.87. The maximum absolute atomic E-state index is 5.82. The van der Waals surface area contributed by atoms with E-state index in [0.717, 1.165) is 35.9 Å². The van der Waals surface area contributed by atoms with Crippen LogP contribution in [0.1, 0.15) is 36.5 Å². The molecular weight excluding hydrogens is 262 g/mol. The number of aryl methyl sites for hydroxylation is 2. The number of ether oxygens (including phenoxy) is 1. The van der Waals surface area contributed by atoms with Gasteiger partial charge in [-0.3, -0.25) is 0 Å². The molecule has 1 heterocycles. The number of nitrogens with one attached hydrogen (secondary N) is 1. The Bertz CT molecular complexity index is 572. The van der Waals surface area contributed by atoms with Crippen LogP contribution in [0.15, 0.2) is 34.7 Å². The van der Waals surface area contributed by atoms with Crippen molar-refractivity contribution in [2.45, 2.75) is 40.8 Å². The fourth-order valence-electron chi connectivity index (χ4n) is 2.20. The largest absolute Gasteiger partial charge is 0.485 e. The highest BCUT2D eigenvalue weighted by molar-refractivity contribution is 5.32. The van der Waals surface area contributed by atoms with Crippen molar-refractivity contribution in [1.82, 2.24) is 5.32 Å². The number of furan rings is 1. The van der Waals surface area contributed by atoms with E-state index in [1.54, 1.807) is 0 Å². The number of hydrogen-bond donors (Lipinski definition) is 1. The molecule has 114 valence electrons. The first kappa shape index (κ1) is 15.6. The maximum atomic E-state index is 5.82. The van der Waals surface area contributed by atoms with Gasteiger partial charge in [0.15, 0.2) is 0 Å². The van der Waals surface area contributed by atoms with Crippen LogP contribution in [-0.2, 0) is 13.2 Å². The molecular formula is C18H25NO2. The van der Waals surface area contributed by atoms with Crippen LogP contribution in [0.25, 0.3) is 0 Å². The smallest absolute Gasteiger partial charge is 0.146 e. The first-order valence-electron chi connectivity index (χ1n) is 7.53. The molecule has 1 aromatic carbocycles. The molecule has 0 aliphatic rings. The van der Waals surface area contributed by atoms with Gasteiger partial charge in [-0.2, -0.15) is 0 Å². The summed E-state index contributed by atoms with van der Waals surface area (Å²) in [7, 11) is 0. The first-order chi connectivity index (χ1) is 10.1. The summed E-state index contributed by atoms with van der Waals surface area (Å²) in [6.45, 7) is 10.8. The van der Waals surface area contributed by atoms with Crippen LogP contribution in [0.5, 0.6) is 5.75 Å². The van der Waals surface area contributed by atoms with Gasteiger partial charge in [0.1, 0.15) is 23.9 Å². The molecule has 0 unspecified atom stereocenters. The van der Waals surface area contributed by atoms with Crippen LogP contribution in [0, 0.1) is 19.8 Å². The molecule has 1 aromatic heterocycles. The lowest BCUT2D eigenvalue weighted by Crippen LogP contribution is -2.18. The standard InChI is InChI=1S/C18H25NO2/c1-13(2)10-19-11-16-9-17(21-15(16)4)12-20-18-8-6-5-7-14(18)3/h5-9,13,19H,10-12H2,1-4H3. The Balaban J connectivity index is 1.91. The summed E-state index contributed by atoms with van der Waals surface area (Å²) in [5.74, 6) is 3.40. The Hall–Kier alpha value is -1.74. The predicted octanol–water partition coefficient (Wildman–Crippen LogP) is 4.22. The molecule has 3 heteroatoms. The molecule has 0 saturated carbocycles. The van der Waals surface area contributed by atoms with Crippen LogP contribution in [-0.4, -0.2) is 6.54 Å². The zero-order valence-corrected chi connectivity index (χ0v) is 13.4. The number of benzene rings is 1. The quantitative estimate of drug-likeness (QED) is 0.828. The summed E-state index contributed by atoms with van der Waals surface area (Å²) in [5, 5.41) is 3.44. The fourth-order valence-corrected chi connectivity index (χ4v) is 2.20. The highest BCUT2D eigenvalue weighted by Crippen LogP contribution is 2.20. The van der Waals surface area contributed by atoms with Crippen molar-refractivity contribution in [3.63, 3.8) is 0 Å². The van der Waals surface area contributed by atoms with Crippen LogP contribution < -0.4 is 10.1 Å². The summed E-state index contributed by atoms with van der Waals surface area (Å²) in [4.78, 5) is 0. The first-order valence-corrected chi connectivity index (χ1v) is 7.53. The molecule has 3 nitrogen and oxygen atoms in total. The van der Waals surface area contributed by atoms with Crippen LogP contribution in [0.3, 0.4) is 0 Å². The highest BCUT2D eigenvalue weighted by Gasteiger charge is 2.08. The molecule has 0 aliphatic carbocycles. The van der Waals surface area contributed by atoms with Gasteiger partial charge in [0, 0.05) is 12.1 Å². The van der Waals surface area contributed by atoms with Crippen LogP contribution >= 0.6 is 0 Å². The van der Waals surface area contributed by atoms with Crippen LogP contribution in [0.2, 0.25) is 0 Å². The van der Waals surface area contributed by atoms with Gasteiger partial charge in [0.25, 0.3) is 0 Å². The summed E-state index contributed by atoms with van der Waals surface area (Å²) >= 11 is 0. The van der Waals surface area contributed by atoms with Gasteiger partial charge >= 0.3 is 0 Å². The van der Waals surface area contributed by atoms with Gasteiger partial charge in [-0.25, -0.2) is 0 Å². The van der Waals surface area contributed by atoms with Gasteiger partial charge in [-0.05, 0) is 44.0 Å². The molecule has 0 atom stereocenters. The van der Waals surface area contributed by atoms with Gasteiger partial charge in [0.2, 0.25) is 0 Å². The summed E-state index contributed by atoms with van der Waals surface area (Å²) in [5.41, 5.74) is 2.35. The topological polar surface area (TPSA) is 34.4 Å². The minimum atomic E-state index is 0.468. The molecule has 2 rings (SSSR count). The minimum Gasteiger partial charge on any atom is -0.485 e. The van der Waals surface area contributed by atoms with E-state index in [9.17, 15) is 0 Å². The van der Waals surface area contributed by atoms with Gasteiger partial charge in [-0.15, -0.1) is 0 Å².